The van der Waals surface area contributed by atoms with Gasteiger partial charge in [-0.3, -0.25) is 14.4 Å². The van der Waals surface area contributed by atoms with Crippen LogP contribution in [0.4, 0.5) is 10.1 Å². The predicted octanol–water partition coefficient (Wildman–Crippen LogP) is 2.04. The van der Waals surface area contributed by atoms with Gasteiger partial charge in [0.15, 0.2) is 5.17 Å². The van der Waals surface area contributed by atoms with Crippen LogP contribution in [-0.2, 0) is 16.1 Å². The molecule has 3 rings (SSSR count). The van der Waals surface area contributed by atoms with Crippen molar-refractivity contribution in [2.24, 2.45) is 10.7 Å². The largest absolute Gasteiger partial charge is 0.378 e. The van der Waals surface area contributed by atoms with E-state index in [9.17, 15) is 18.8 Å². The number of anilines is 1. The summed E-state index contributed by atoms with van der Waals surface area (Å²) < 4.78 is 13.6. The average Bonchev–Trinajstić information content (AvgIpc) is 2.98. The van der Waals surface area contributed by atoms with Crippen molar-refractivity contribution in [1.82, 2.24) is 5.32 Å². The summed E-state index contributed by atoms with van der Waals surface area (Å²) in [6, 6.07) is 12.4. The Bertz CT molecular complexity index is 946. The molecule has 1 aliphatic heterocycles. The number of halogens is 1. The lowest BCUT2D eigenvalue weighted by Crippen LogP contribution is -2.23. The van der Waals surface area contributed by atoms with E-state index in [2.05, 4.69) is 15.6 Å². The molecular formula is C19H17FN4O3S. The number of nitrogens with zero attached hydrogens (tertiary/aromatic N) is 1. The van der Waals surface area contributed by atoms with E-state index in [1.807, 2.05) is 0 Å². The fourth-order valence-corrected chi connectivity index (χ4v) is 3.36. The van der Waals surface area contributed by atoms with Gasteiger partial charge in [0, 0.05) is 29.8 Å². The maximum absolute atomic E-state index is 13.6. The molecule has 1 atom stereocenters. The van der Waals surface area contributed by atoms with Crippen molar-refractivity contribution in [1.29, 1.82) is 0 Å². The van der Waals surface area contributed by atoms with Gasteiger partial charge in [-0.1, -0.05) is 30.0 Å². The third-order valence-electron chi connectivity index (χ3n) is 3.96. The Balaban J connectivity index is 1.51. The zero-order valence-corrected chi connectivity index (χ0v) is 15.5. The van der Waals surface area contributed by atoms with Crippen LogP contribution in [0, 0.1) is 5.82 Å². The maximum Gasteiger partial charge on any atom is 0.262 e. The molecule has 28 heavy (non-hydrogen) atoms. The molecule has 0 aliphatic carbocycles. The van der Waals surface area contributed by atoms with Crippen LogP contribution in [0.15, 0.2) is 53.5 Å². The molecule has 0 saturated heterocycles. The van der Waals surface area contributed by atoms with Gasteiger partial charge in [0.05, 0.1) is 0 Å². The van der Waals surface area contributed by atoms with Crippen LogP contribution >= 0.6 is 11.8 Å². The molecule has 0 unspecified atom stereocenters. The second kappa shape index (κ2) is 8.66. The zero-order valence-electron chi connectivity index (χ0n) is 14.6. The van der Waals surface area contributed by atoms with Gasteiger partial charge in [0.2, 0.25) is 5.91 Å². The summed E-state index contributed by atoms with van der Waals surface area (Å²) in [6.45, 7) is 0.0717. The highest BCUT2D eigenvalue weighted by Crippen LogP contribution is 2.23. The molecule has 1 aliphatic rings. The number of amidine groups is 1. The summed E-state index contributed by atoms with van der Waals surface area (Å²) >= 11 is 1.06. The molecule has 7 nitrogen and oxygen atoms in total. The third-order valence-corrected chi connectivity index (χ3v) is 4.94. The number of thioether (sulfide) groups is 1. The molecule has 0 aromatic heterocycles. The monoisotopic (exact) mass is 400 g/mol. The Labute approximate surface area is 164 Å². The fourth-order valence-electron chi connectivity index (χ4n) is 2.54. The highest BCUT2D eigenvalue weighted by atomic mass is 32.2. The van der Waals surface area contributed by atoms with Crippen molar-refractivity contribution in [3.05, 3.63) is 65.5 Å². The number of hydrogen-bond donors (Lipinski definition) is 3. The minimum Gasteiger partial charge on any atom is -0.378 e. The van der Waals surface area contributed by atoms with Crippen molar-refractivity contribution in [2.75, 3.05) is 5.32 Å². The van der Waals surface area contributed by atoms with Crippen LogP contribution in [0.1, 0.15) is 22.3 Å². The first-order chi connectivity index (χ1) is 13.4. The van der Waals surface area contributed by atoms with Gasteiger partial charge in [-0.2, -0.15) is 4.99 Å². The number of rotatable bonds is 6. The van der Waals surface area contributed by atoms with Crippen molar-refractivity contribution in [3.63, 3.8) is 0 Å². The topological polar surface area (TPSA) is 114 Å². The molecule has 2 aromatic carbocycles. The summed E-state index contributed by atoms with van der Waals surface area (Å²) in [5.41, 5.74) is 6.71. The van der Waals surface area contributed by atoms with Gasteiger partial charge in [-0.15, -0.1) is 0 Å². The summed E-state index contributed by atoms with van der Waals surface area (Å²) in [5.74, 6) is -1.51. The van der Waals surface area contributed by atoms with Crippen LogP contribution in [0.2, 0.25) is 0 Å². The third kappa shape index (κ3) is 4.95. The summed E-state index contributed by atoms with van der Waals surface area (Å²) in [7, 11) is 0. The molecule has 144 valence electrons. The molecule has 3 amide bonds. The van der Waals surface area contributed by atoms with E-state index in [4.69, 9.17) is 5.73 Å². The Hall–Kier alpha value is -3.20. The van der Waals surface area contributed by atoms with E-state index in [0.717, 1.165) is 11.8 Å². The van der Waals surface area contributed by atoms with Gasteiger partial charge in [-0.25, -0.2) is 4.39 Å². The second-order valence-electron chi connectivity index (χ2n) is 6.00. The standard InChI is InChI=1S/C19H17FN4O3S/c20-14-4-2-1-3-12(14)10-22-17(26)11-5-7-13(8-6-11)23-16(25)9-15-18(27)24-19(21)28-15/h1-8,15H,9-10H2,(H,22,26)(H,23,25)(H2,21,24,27)/t15-/m1/s1. The molecule has 0 bridgehead atoms. The lowest BCUT2D eigenvalue weighted by atomic mass is 10.1. The summed E-state index contributed by atoms with van der Waals surface area (Å²) in [4.78, 5) is 39.3. The van der Waals surface area contributed by atoms with Crippen LogP contribution in [0.3, 0.4) is 0 Å². The minimum atomic E-state index is -0.608. The van der Waals surface area contributed by atoms with Crippen molar-refractivity contribution in [2.45, 2.75) is 18.2 Å². The summed E-state index contributed by atoms with van der Waals surface area (Å²) in [5, 5.41) is 4.85. The van der Waals surface area contributed by atoms with Gasteiger partial charge >= 0.3 is 0 Å². The molecule has 0 fully saturated rings. The van der Waals surface area contributed by atoms with Crippen molar-refractivity contribution in [3.8, 4) is 0 Å². The molecule has 0 spiro atoms. The number of nitrogens with one attached hydrogen (secondary N) is 2. The molecular weight excluding hydrogens is 383 g/mol. The highest BCUT2D eigenvalue weighted by molar-refractivity contribution is 8.15. The molecule has 0 saturated carbocycles. The van der Waals surface area contributed by atoms with E-state index >= 15 is 0 Å². The summed E-state index contributed by atoms with van der Waals surface area (Å²) in [6.07, 6.45) is -0.0431. The van der Waals surface area contributed by atoms with E-state index in [-0.39, 0.29) is 35.8 Å². The van der Waals surface area contributed by atoms with Gasteiger partial charge in [0.25, 0.3) is 11.8 Å². The Morgan fingerprint density at radius 2 is 1.86 bits per heavy atom. The lowest BCUT2D eigenvalue weighted by molar-refractivity contribution is -0.121. The fraction of sp³-hybridized carbons (Fsp3) is 0.158. The quantitative estimate of drug-likeness (QED) is 0.687. The molecule has 1 heterocycles. The number of carbonyl (C=O) groups excluding carboxylic acids is 3. The normalized spacial score (nSPS) is 15.8. The van der Waals surface area contributed by atoms with Crippen LogP contribution in [0.25, 0.3) is 0 Å². The Morgan fingerprint density at radius 1 is 1.14 bits per heavy atom. The van der Waals surface area contributed by atoms with Gasteiger partial charge in [0.1, 0.15) is 11.1 Å². The van der Waals surface area contributed by atoms with Crippen LogP contribution in [0.5, 0.6) is 0 Å². The average molecular weight is 400 g/mol. The van der Waals surface area contributed by atoms with E-state index in [1.54, 1.807) is 42.5 Å². The number of benzene rings is 2. The first-order valence-corrected chi connectivity index (χ1v) is 9.26. The Kier molecular flexibility index (Phi) is 6.05. The second-order valence-corrected chi connectivity index (χ2v) is 7.22. The van der Waals surface area contributed by atoms with Gasteiger partial charge < -0.3 is 16.4 Å². The number of amides is 3. The minimum absolute atomic E-state index is 0.0431. The number of hydrogen-bond acceptors (Lipinski definition) is 5. The molecule has 4 N–H and O–H groups in total. The number of aliphatic imine (C=N–C) groups is 1. The van der Waals surface area contributed by atoms with E-state index < -0.39 is 11.2 Å². The maximum atomic E-state index is 13.6. The zero-order chi connectivity index (χ0) is 20.1. The van der Waals surface area contributed by atoms with Crippen LogP contribution in [-0.4, -0.2) is 28.1 Å². The Morgan fingerprint density at radius 3 is 2.50 bits per heavy atom. The SMILES string of the molecule is NC1=NC(=O)[C@@H](CC(=O)Nc2ccc(C(=O)NCc3ccccc3F)cc2)S1. The number of nitrogens with two attached hydrogens (primary N) is 1. The molecule has 2 aromatic rings. The van der Waals surface area contributed by atoms with E-state index in [0.29, 0.717) is 16.8 Å². The molecule has 9 heteroatoms. The first kappa shape index (κ1) is 19.6. The van der Waals surface area contributed by atoms with Gasteiger partial charge in [-0.05, 0) is 30.3 Å². The predicted molar refractivity (Wildman–Crippen MR) is 105 cm³/mol. The highest BCUT2D eigenvalue weighted by Gasteiger charge is 2.29. The van der Waals surface area contributed by atoms with Crippen molar-refractivity contribution < 1.29 is 18.8 Å². The smallest absolute Gasteiger partial charge is 0.262 e. The first-order valence-electron chi connectivity index (χ1n) is 8.38. The van der Waals surface area contributed by atoms with E-state index in [1.165, 1.54) is 6.07 Å². The van der Waals surface area contributed by atoms with Crippen molar-refractivity contribution >= 4 is 40.3 Å². The number of carbonyl (C=O) groups is 3. The lowest BCUT2D eigenvalue weighted by Gasteiger charge is -2.09. The van der Waals surface area contributed by atoms with Crippen LogP contribution < -0.4 is 16.4 Å². The molecule has 0 radical (unpaired) electrons.